The van der Waals surface area contributed by atoms with Crippen molar-refractivity contribution in [3.63, 3.8) is 0 Å². The highest BCUT2D eigenvalue weighted by atomic mass is 32.2. The van der Waals surface area contributed by atoms with Crippen LogP contribution >= 0.6 is 11.8 Å². The van der Waals surface area contributed by atoms with Crippen molar-refractivity contribution >= 4 is 40.2 Å². The summed E-state index contributed by atoms with van der Waals surface area (Å²) >= 11 is 1.39. The Kier molecular flexibility index (Phi) is 5.73. The Morgan fingerprint density at radius 3 is 2.65 bits per heavy atom. The van der Waals surface area contributed by atoms with Crippen LogP contribution in [0.5, 0.6) is 0 Å². The second-order valence-corrected chi connectivity index (χ2v) is 7.11. The summed E-state index contributed by atoms with van der Waals surface area (Å²) in [5, 5.41) is 3.55. The Balaban J connectivity index is 1.59. The summed E-state index contributed by atoms with van der Waals surface area (Å²) in [7, 11) is 0. The molecule has 2 aromatic carbocycles. The van der Waals surface area contributed by atoms with Gasteiger partial charge in [0.05, 0.1) is 16.8 Å². The molecule has 2 N–H and O–H groups in total. The van der Waals surface area contributed by atoms with Gasteiger partial charge in [-0.3, -0.25) is 9.59 Å². The van der Waals surface area contributed by atoms with E-state index in [1.807, 2.05) is 32.0 Å². The van der Waals surface area contributed by atoms with Gasteiger partial charge in [-0.15, -0.1) is 0 Å². The molecule has 0 fully saturated rings. The van der Waals surface area contributed by atoms with Gasteiger partial charge < -0.3 is 10.3 Å². The molecule has 0 radical (unpaired) electrons. The molecule has 0 unspecified atom stereocenters. The summed E-state index contributed by atoms with van der Waals surface area (Å²) in [4.78, 5) is 31.7. The number of thioether (sulfide) groups is 1. The maximum absolute atomic E-state index is 12.4. The van der Waals surface area contributed by atoms with Gasteiger partial charge in [0, 0.05) is 17.7 Å². The Morgan fingerprint density at radius 2 is 1.92 bits per heavy atom. The highest BCUT2D eigenvalue weighted by Gasteiger charge is 2.10. The van der Waals surface area contributed by atoms with Gasteiger partial charge in [0.2, 0.25) is 5.91 Å². The molecule has 5 nitrogen and oxygen atoms in total. The topological polar surface area (TPSA) is 74.8 Å². The summed E-state index contributed by atoms with van der Waals surface area (Å²) in [6, 6.07) is 13.0. The van der Waals surface area contributed by atoms with Crippen molar-refractivity contribution in [2.45, 2.75) is 31.8 Å². The van der Waals surface area contributed by atoms with E-state index in [9.17, 15) is 9.59 Å². The number of aromatic nitrogens is 2. The largest absolute Gasteiger partial charge is 0.333 e. The number of hydrogen-bond acceptors (Lipinski definition) is 4. The number of benzene rings is 2. The van der Waals surface area contributed by atoms with Crippen molar-refractivity contribution in [3.8, 4) is 0 Å². The van der Waals surface area contributed by atoms with Gasteiger partial charge in [-0.05, 0) is 55.3 Å². The van der Waals surface area contributed by atoms with E-state index in [-0.39, 0.29) is 11.7 Å². The van der Waals surface area contributed by atoms with Gasteiger partial charge >= 0.3 is 0 Å². The number of anilines is 1. The number of rotatable bonds is 7. The van der Waals surface area contributed by atoms with E-state index in [2.05, 4.69) is 15.3 Å². The lowest BCUT2D eigenvalue weighted by Crippen LogP contribution is -2.10. The molecule has 3 aromatic rings. The van der Waals surface area contributed by atoms with Crippen molar-refractivity contribution in [1.29, 1.82) is 0 Å². The molecule has 0 saturated carbocycles. The number of carbonyl (C=O) groups excluding carboxylic acids is 2. The van der Waals surface area contributed by atoms with E-state index in [4.69, 9.17) is 0 Å². The SMILES string of the molecule is CCCC(=O)Nc1ccc(C(=O)CSc2nc3ccc(C)cc3[nH]2)cc1. The fraction of sp³-hybridized carbons (Fsp3) is 0.250. The van der Waals surface area contributed by atoms with Gasteiger partial charge in [0.1, 0.15) is 0 Å². The zero-order valence-corrected chi connectivity index (χ0v) is 15.7. The molecule has 0 aliphatic rings. The van der Waals surface area contributed by atoms with Crippen LogP contribution in [0.3, 0.4) is 0 Å². The number of nitrogens with zero attached hydrogens (tertiary/aromatic N) is 1. The standard InChI is InChI=1S/C20H21N3O2S/c1-3-4-19(25)21-15-8-6-14(7-9-15)18(24)12-26-20-22-16-10-5-13(2)11-17(16)23-20/h5-11H,3-4,12H2,1-2H3,(H,21,25)(H,22,23). The summed E-state index contributed by atoms with van der Waals surface area (Å²) < 4.78 is 0. The molecule has 3 rings (SSSR count). The van der Waals surface area contributed by atoms with E-state index in [1.165, 1.54) is 17.3 Å². The minimum Gasteiger partial charge on any atom is -0.333 e. The number of amides is 1. The molecule has 134 valence electrons. The molecular formula is C20H21N3O2S. The van der Waals surface area contributed by atoms with Crippen LogP contribution in [0.4, 0.5) is 5.69 Å². The van der Waals surface area contributed by atoms with E-state index < -0.39 is 0 Å². The predicted molar refractivity (Wildman–Crippen MR) is 106 cm³/mol. The number of nitrogens with one attached hydrogen (secondary N) is 2. The molecule has 1 amide bonds. The zero-order chi connectivity index (χ0) is 18.5. The van der Waals surface area contributed by atoms with Crippen LogP contribution in [0.15, 0.2) is 47.6 Å². The number of hydrogen-bond donors (Lipinski definition) is 2. The average Bonchev–Trinajstić information content (AvgIpc) is 3.02. The van der Waals surface area contributed by atoms with Crippen LogP contribution < -0.4 is 5.32 Å². The molecule has 26 heavy (non-hydrogen) atoms. The number of H-pyrrole nitrogens is 1. The molecule has 0 bridgehead atoms. The third kappa shape index (κ3) is 4.52. The molecule has 0 saturated heterocycles. The van der Waals surface area contributed by atoms with Crippen LogP contribution in [0.1, 0.15) is 35.7 Å². The number of aryl methyl sites for hydroxylation is 1. The Morgan fingerprint density at radius 1 is 1.15 bits per heavy atom. The number of carbonyl (C=O) groups is 2. The Labute approximate surface area is 156 Å². The number of aromatic amines is 1. The first kappa shape index (κ1) is 18.2. The monoisotopic (exact) mass is 367 g/mol. The lowest BCUT2D eigenvalue weighted by Gasteiger charge is -2.05. The number of ketones is 1. The summed E-state index contributed by atoms with van der Waals surface area (Å²) in [5.41, 5.74) is 4.38. The summed E-state index contributed by atoms with van der Waals surface area (Å²) in [6.07, 6.45) is 1.30. The van der Waals surface area contributed by atoms with E-state index in [0.717, 1.165) is 22.6 Å². The first-order valence-corrected chi connectivity index (χ1v) is 9.56. The first-order valence-electron chi connectivity index (χ1n) is 8.57. The van der Waals surface area contributed by atoms with Crippen LogP contribution in [0, 0.1) is 6.92 Å². The maximum Gasteiger partial charge on any atom is 0.224 e. The molecule has 0 aliphatic heterocycles. The highest BCUT2D eigenvalue weighted by Crippen LogP contribution is 2.21. The van der Waals surface area contributed by atoms with E-state index in [1.54, 1.807) is 24.3 Å². The minimum absolute atomic E-state index is 0.0118. The average molecular weight is 367 g/mol. The predicted octanol–water partition coefficient (Wildman–Crippen LogP) is 4.58. The van der Waals surface area contributed by atoms with Gasteiger partial charge in [-0.25, -0.2) is 4.98 Å². The smallest absolute Gasteiger partial charge is 0.224 e. The fourth-order valence-corrected chi connectivity index (χ4v) is 3.36. The van der Waals surface area contributed by atoms with Gasteiger partial charge in [0.15, 0.2) is 10.9 Å². The van der Waals surface area contributed by atoms with Crippen molar-refractivity contribution < 1.29 is 9.59 Å². The highest BCUT2D eigenvalue weighted by molar-refractivity contribution is 7.99. The molecule has 1 aromatic heterocycles. The molecule has 0 spiro atoms. The number of imidazole rings is 1. The van der Waals surface area contributed by atoms with Gasteiger partial charge in [-0.2, -0.15) is 0 Å². The normalized spacial score (nSPS) is 10.8. The third-order valence-electron chi connectivity index (χ3n) is 3.92. The van der Waals surface area contributed by atoms with Crippen molar-refractivity contribution in [3.05, 3.63) is 53.6 Å². The molecule has 6 heteroatoms. The molecule has 0 atom stereocenters. The Bertz CT molecular complexity index is 932. The van der Waals surface area contributed by atoms with Crippen LogP contribution in [0.25, 0.3) is 11.0 Å². The second-order valence-electron chi connectivity index (χ2n) is 6.15. The second kappa shape index (κ2) is 8.19. The van der Waals surface area contributed by atoms with Crippen molar-refractivity contribution in [2.24, 2.45) is 0 Å². The first-order chi connectivity index (χ1) is 12.5. The Hall–Kier alpha value is -2.60. The van der Waals surface area contributed by atoms with E-state index in [0.29, 0.717) is 23.4 Å². The van der Waals surface area contributed by atoms with Crippen molar-refractivity contribution in [1.82, 2.24) is 9.97 Å². The summed E-state index contributed by atoms with van der Waals surface area (Å²) in [5.74, 6) is 0.320. The molecule has 1 heterocycles. The lowest BCUT2D eigenvalue weighted by atomic mass is 10.1. The summed E-state index contributed by atoms with van der Waals surface area (Å²) in [6.45, 7) is 3.99. The van der Waals surface area contributed by atoms with Crippen molar-refractivity contribution in [2.75, 3.05) is 11.1 Å². The van der Waals surface area contributed by atoms with Crippen LogP contribution in [-0.2, 0) is 4.79 Å². The number of fused-ring (bicyclic) bond motifs is 1. The third-order valence-corrected chi connectivity index (χ3v) is 4.80. The number of Topliss-reactive ketones (excluding diaryl/α,β-unsaturated/α-hetero) is 1. The minimum atomic E-state index is -0.0118. The molecule has 0 aliphatic carbocycles. The van der Waals surface area contributed by atoms with Crippen LogP contribution in [-0.4, -0.2) is 27.4 Å². The lowest BCUT2D eigenvalue weighted by molar-refractivity contribution is -0.116. The zero-order valence-electron chi connectivity index (χ0n) is 14.8. The van der Waals surface area contributed by atoms with E-state index >= 15 is 0 Å². The molecular weight excluding hydrogens is 346 g/mol. The van der Waals surface area contributed by atoms with Crippen LogP contribution in [0.2, 0.25) is 0 Å². The maximum atomic E-state index is 12.4. The van der Waals surface area contributed by atoms with Gasteiger partial charge in [-0.1, -0.05) is 24.8 Å². The fourth-order valence-electron chi connectivity index (χ4n) is 2.58. The quantitative estimate of drug-likeness (QED) is 0.473. The van der Waals surface area contributed by atoms with Gasteiger partial charge in [0.25, 0.3) is 0 Å².